The highest BCUT2D eigenvalue weighted by atomic mass is 16.3. The van der Waals surface area contributed by atoms with Gasteiger partial charge in [-0.15, -0.1) is 0 Å². The van der Waals surface area contributed by atoms with Crippen molar-refractivity contribution < 1.29 is 14.7 Å². The van der Waals surface area contributed by atoms with Crippen molar-refractivity contribution in [3.05, 3.63) is 65.2 Å². The largest absolute Gasteiger partial charge is 0.507 e. The predicted octanol–water partition coefficient (Wildman–Crippen LogP) is 3.88. The van der Waals surface area contributed by atoms with E-state index in [0.29, 0.717) is 11.1 Å². The lowest BCUT2D eigenvalue weighted by molar-refractivity contribution is 0.0927. The zero-order valence-electron chi connectivity index (χ0n) is 14.2. The second-order valence-corrected chi connectivity index (χ2v) is 6.62. The number of carbonyl (C=O) groups excluding carboxylic acids is 2. The Labute approximate surface area is 147 Å². The Balaban J connectivity index is 1.61. The van der Waals surface area contributed by atoms with Crippen LogP contribution in [0.1, 0.15) is 58.4 Å². The number of nitrogens with one attached hydrogen (secondary N) is 1. The van der Waals surface area contributed by atoms with Crippen molar-refractivity contribution in [2.45, 2.75) is 44.6 Å². The Morgan fingerprint density at radius 3 is 2.32 bits per heavy atom. The maximum atomic E-state index is 12.3. The molecule has 130 valence electrons. The topological polar surface area (TPSA) is 66.4 Å². The van der Waals surface area contributed by atoms with Crippen LogP contribution in [0.25, 0.3) is 0 Å². The lowest BCUT2D eigenvalue weighted by Crippen LogP contribution is -2.36. The Kier molecular flexibility index (Phi) is 5.49. The van der Waals surface area contributed by atoms with Crippen molar-refractivity contribution in [2.75, 3.05) is 0 Å². The first-order valence-electron chi connectivity index (χ1n) is 8.84. The average Bonchev–Trinajstić information content (AvgIpc) is 2.63. The van der Waals surface area contributed by atoms with Crippen LogP contribution in [0.15, 0.2) is 48.5 Å². The number of amides is 1. The highest BCUT2D eigenvalue weighted by Crippen LogP contribution is 2.19. The van der Waals surface area contributed by atoms with Gasteiger partial charge in [0.15, 0.2) is 5.78 Å². The van der Waals surface area contributed by atoms with Gasteiger partial charge in [-0.2, -0.15) is 0 Å². The van der Waals surface area contributed by atoms with E-state index in [0.717, 1.165) is 18.4 Å². The van der Waals surface area contributed by atoms with E-state index in [2.05, 4.69) is 5.32 Å². The Bertz CT molecular complexity index is 746. The summed E-state index contributed by atoms with van der Waals surface area (Å²) in [5.41, 5.74) is 1.76. The maximum Gasteiger partial charge on any atom is 0.251 e. The molecule has 0 radical (unpaired) electrons. The SMILES string of the molecule is O=C(NC1CCCCC1)c1ccc(CC(=O)c2ccccc2O)cc1. The molecule has 0 bridgehead atoms. The minimum Gasteiger partial charge on any atom is -0.507 e. The summed E-state index contributed by atoms with van der Waals surface area (Å²) in [4.78, 5) is 24.6. The zero-order chi connectivity index (χ0) is 17.6. The second kappa shape index (κ2) is 7.97. The molecule has 0 atom stereocenters. The van der Waals surface area contributed by atoms with Crippen molar-refractivity contribution >= 4 is 11.7 Å². The normalized spacial score (nSPS) is 14.9. The van der Waals surface area contributed by atoms with Crippen LogP contribution in [0, 0.1) is 0 Å². The molecule has 1 aliphatic rings. The molecule has 0 aliphatic heterocycles. The van der Waals surface area contributed by atoms with Gasteiger partial charge in [0.2, 0.25) is 0 Å². The maximum absolute atomic E-state index is 12.3. The number of phenols is 1. The number of ketones is 1. The fraction of sp³-hybridized carbons (Fsp3) is 0.333. The molecule has 2 aromatic rings. The van der Waals surface area contributed by atoms with E-state index in [1.54, 1.807) is 42.5 Å². The number of hydrogen-bond donors (Lipinski definition) is 2. The molecule has 1 amide bonds. The van der Waals surface area contributed by atoms with Crippen LogP contribution >= 0.6 is 0 Å². The lowest BCUT2D eigenvalue weighted by Gasteiger charge is -2.22. The Morgan fingerprint density at radius 1 is 0.960 bits per heavy atom. The molecular weight excluding hydrogens is 314 g/mol. The van der Waals surface area contributed by atoms with Crippen molar-refractivity contribution in [3.8, 4) is 5.75 Å². The zero-order valence-corrected chi connectivity index (χ0v) is 14.2. The summed E-state index contributed by atoms with van der Waals surface area (Å²) in [6, 6.07) is 13.9. The third kappa shape index (κ3) is 4.47. The Hall–Kier alpha value is -2.62. The van der Waals surface area contributed by atoms with E-state index in [1.807, 2.05) is 0 Å². The van der Waals surface area contributed by atoms with Gasteiger partial charge in [0.05, 0.1) is 5.56 Å². The van der Waals surface area contributed by atoms with Crippen LogP contribution in [0.4, 0.5) is 0 Å². The number of benzene rings is 2. The van der Waals surface area contributed by atoms with Crippen molar-refractivity contribution in [2.24, 2.45) is 0 Å². The molecule has 4 nitrogen and oxygen atoms in total. The van der Waals surface area contributed by atoms with Crippen LogP contribution in [0.2, 0.25) is 0 Å². The first-order valence-corrected chi connectivity index (χ1v) is 8.84. The Morgan fingerprint density at radius 2 is 1.64 bits per heavy atom. The molecule has 1 aliphatic carbocycles. The highest BCUT2D eigenvalue weighted by Gasteiger charge is 2.17. The van der Waals surface area contributed by atoms with E-state index >= 15 is 0 Å². The molecular formula is C21H23NO3. The number of hydrogen-bond acceptors (Lipinski definition) is 3. The molecule has 1 fully saturated rings. The van der Waals surface area contributed by atoms with Crippen LogP contribution in [0.3, 0.4) is 0 Å². The van der Waals surface area contributed by atoms with E-state index in [9.17, 15) is 14.7 Å². The van der Waals surface area contributed by atoms with Gasteiger partial charge in [-0.1, -0.05) is 43.5 Å². The summed E-state index contributed by atoms with van der Waals surface area (Å²) in [5, 5.41) is 12.8. The van der Waals surface area contributed by atoms with E-state index in [1.165, 1.54) is 25.3 Å². The number of carbonyl (C=O) groups is 2. The molecule has 0 spiro atoms. The molecule has 3 rings (SSSR count). The summed E-state index contributed by atoms with van der Waals surface area (Å²) in [7, 11) is 0. The van der Waals surface area contributed by atoms with Gasteiger partial charge in [-0.05, 0) is 42.7 Å². The van der Waals surface area contributed by atoms with Gasteiger partial charge in [0.1, 0.15) is 5.75 Å². The fourth-order valence-corrected chi connectivity index (χ4v) is 3.28. The van der Waals surface area contributed by atoms with E-state index in [4.69, 9.17) is 0 Å². The third-order valence-corrected chi connectivity index (χ3v) is 4.73. The number of rotatable bonds is 5. The molecule has 4 heteroatoms. The number of para-hydroxylation sites is 1. The molecule has 2 N–H and O–H groups in total. The van der Waals surface area contributed by atoms with Gasteiger partial charge >= 0.3 is 0 Å². The van der Waals surface area contributed by atoms with Gasteiger partial charge in [-0.25, -0.2) is 0 Å². The summed E-state index contributed by atoms with van der Waals surface area (Å²) >= 11 is 0. The molecule has 25 heavy (non-hydrogen) atoms. The molecule has 0 heterocycles. The summed E-state index contributed by atoms with van der Waals surface area (Å²) in [6.45, 7) is 0. The van der Waals surface area contributed by atoms with Crippen LogP contribution < -0.4 is 5.32 Å². The number of aromatic hydroxyl groups is 1. The van der Waals surface area contributed by atoms with Crippen LogP contribution in [-0.4, -0.2) is 22.8 Å². The molecule has 2 aromatic carbocycles. The van der Waals surface area contributed by atoms with Crippen molar-refractivity contribution in [1.29, 1.82) is 0 Å². The monoisotopic (exact) mass is 337 g/mol. The highest BCUT2D eigenvalue weighted by molar-refractivity contribution is 6.00. The molecule has 0 unspecified atom stereocenters. The summed E-state index contributed by atoms with van der Waals surface area (Å²) in [5.74, 6) is -0.195. The molecule has 1 saturated carbocycles. The smallest absolute Gasteiger partial charge is 0.251 e. The summed E-state index contributed by atoms with van der Waals surface area (Å²) < 4.78 is 0. The molecule has 0 aromatic heterocycles. The van der Waals surface area contributed by atoms with Crippen LogP contribution in [-0.2, 0) is 6.42 Å². The van der Waals surface area contributed by atoms with Gasteiger partial charge in [0, 0.05) is 18.0 Å². The van der Waals surface area contributed by atoms with Gasteiger partial charge < -0.3 is 10.4 Å². The predicted molar refractivity (Wildman–Crippen MR) is 96.9 cm³/mol. The lowest BCUT2D eigenvalue weighted by atomic mass is 9.95. The first-order chi connectivity index (χ1) is 12.1. The second-order valence-electron chi connectivity index (χ2n) is 6.62. The van der Waals surface area contributed by atoms with Crippen molar-refractivity contribution in [3.63, 3.8) is 0 Å². The van der Waals surface area contributed by atoms with Crippen molar-refractivity contribution in [1.82, 2.24) is 5.32 Å². The van der Waals surface area contributed by atoms with E-state index < -0.39 is 0 Å². The van der Waals surface area contributed by atoms with Crippen LogP contribution in [0.5, 0.6) is 5.75 Å². The fourth-order valence-electron chi connectivity index (χ4n) is 3.28. The summed E-state index contributed by atoms with van der Waals surface area (Å²) in [6.07, 6.45) is 5.92. The number of phenolic OH excluding ortho intramolecular Hbond substituents is 1. The van der Waals surface area contributed by atoms with E-state index in [-0.39, 0.29) is 29.9 Å². The quantitative estimate of drug-likeness (QED) is 0.814. The minimum absolute atomic E-state index is 0.00372. The standard InChI is InChI=1S/C21H23NO3/c23-19-9-5-4-8-18(19)20(24)14-15-10-12-16(13-11-15)21(25)22-17-6-2-1-3-7-17/h4-5,8-13,17,23H,1-3,6-7,14H2,(H,22,25). The molecule has 0 saturated heterocycles. The average molecular weight is 337 g/mol. The third-order valence-electron chi connectivity index (χ3n) is 4.73. The van der Waals surface area contributed by atoms with Gasteiger partial charge in [-0.3, -0.25) is 9.59 Å². The minimum atomic E-state index is -0.141. The first kappa shape index (κ1) is 17.2. The van der Waals surface area contributed by atoms with Gasteiger partial charge in [0.25, 0.3) is 5.91 Å². The number of Topliss-reactive ketones (excluding diaryl/α,β-unsaturated/α-hetero) is 1.